The molecule has 2 heterocycles. The van der Waals surface area contributed by atoms with Gasteiger partial charge in [-0.25, -0.2) is 0 Å². The van der Waals surface area contributed by atoms with Crippen LogP contribution < -0.4 is 10.6 Å². The zero-order valence-electron chi connectivity index (χ0n) is 12.3. The number of likely N-dealkylation sites (N-methyl/N-ethyl adjacent to an activating group) is 1. The molecule has 2 atom stereocenters. The van der Waals surface area contributed by atoms with E-state index in [-0.39, 0.29) is 0 Å². The average Bonchev–Trinajstić information content (AvgIpc) is 2.37. The summed E-state index contributed by atoms with van der Waals surface area (Å²) in [5, 5.41) is 7.24. The summed E-state index contributed by atoms with van der Waals surface area (Å²) in [6.07, 6.45) is 3.98. The molecule has 0 spiro atoms. The summed E-state index contributed by atoms with van der Waals surface area (Å²) >= 11 is 0. The Balaban J connectivity index is 1.81. The second kappa shape index (κ2) is 6.85. The molecule has 0 aromatic heterocycles. The lowest BCUT2D eigenvalue weighted by molar-refractivity contribution is 0.161. The van der Waals surface area contributed by atoms with E-state index in [1.165, 1.54) is 45.4 Å². The van der Waals surface area contributed by atoms with Crippen molar-refractivity contribution in [1.82, 2.24) is 20.4 Å². The Kier molecular flexibility index (Phi) is 5.42. The van der Waals surface area contributed by atoms with Crippen LogP contribution in [0.25, 0.3) is 0 Å². The summed E-state index contributed by atoms with van der Waals surface area (Å²) < 4.78 is 0. The molecule has 0 aliphatic carbocycles. The van der Waals surface area contributed by atoms with Crippen LogP contribution in [0.5, 0.6) is 0 Å². The van der Waals surface area contributed by atoms with Crippen LogP contribution in [0.4, 0.5) is 0 Å². The van der Waals surface area contributed by atoms with Crippen molar-refractivity contribution in [3.05, 3.63) is 0 Å². The first-order valence-corrected chi connectivity index (χ1v) is 7.46. The molecule has 4 heteroatoms. The summed E-state index contributed by atoms with van der Waals surface area (Å²) in [6, 6.07) is 1.35. The molecule has 0 radical (unpaired) electrons. The predicted molar refractivity (Wildman–Crippen MR) is 77.0 cm³/mol. The van der Waals surface area contributed by atoms with Crippen molar-refractivity contribution < 1.29 is 0 Å². The van der Waals surface area contributed by atoms with E-state index in [9.17, 15) is 0 Å². The first-order chi connectivity index (χ1) is 8.69. The molecule has 2 aliphatic heterocycles. The highest BCUT2D eigenvalue weighted by atomic mass is 15.2. The second-order valence-electron chi connectivity index (χ2n) is 6.18. The third-order valence-electron chi connectivity index (χ3n) is 4.70. The van der Waals surface area contributed by atoms with Crippen molar-refractivity contribution >= 4 is 0 Å². The highest BCUT2D eigenvalue weighted by Gasteiger charge is 2.27. The van der Waals surface area contributed by atoms with Gasteiger partial charge in [0.1, 0.15) is 0 Å². The van der Waals surface area contributed by atoms with Crippen LogP contribution in [-0.2, 0) is 0 Å². The fourth-order valence-electron chi connectivity index (χ4n) is 3.43. The van der Waals surface area contributed by atoms with E-state index in [0.717, 1.165) is 12.5 Å². The van der Waals surface area contributed by atoms with E-state index in [1.807, 2.05) is 0 Å². The van der Waals surface area contributed by atoms with Gasteiger partial charge in [0.25, 0.3) is 0 Å². The number of piperidine rings is 1. The minimum absolute atomic E-state index is 0.667. The van der Waals surface area contributed by atoms with Gasteiger partial charge >= 0.3 is 0 Å². The lowest BCUT2D eigenvalue weighted by atomic mass is 9.85. The van der Waals surface area contributed by atoms with Gasteiger partial charge in [0, 0.05) is 31.7 Å². The van der Waals surface area contributed by atoms with E-state index >= 15 is 0 Å². The number of piperazine rings is 1. The van der Waals surface area contributed by atoms with Crippen LogP contribution in [0.3, 0.4) is 0 Å². The van der Waals surface area contributed by atoms with Gasteiger partial charge in [0.05, 0.1) is 0 Å². The van der Waals surface area contributed by atoms with Crippen molar-refractivity contribution in [3.63, 3.8) is 0 Å². The Labute approximate surface area is 112 Å². The molecule has 2 N–H and O–H groups in total. The minimum Gasteiger partial charge on any atom is -0.317 e. The fraction of sp³-hybridized carbons (Fsp3) is 1.00. The maximum Gasteiger partial charge on any atom is 0.0210 e. The maximum absolute atomic E-state index is 3.67. The van der Waals surface area contributed by atoms with Crippen molar-refractivity contribution in [2.45, 2.75) is 31.3 Å². The third kappa shape index (κ3) is 3.92. The van der Waals surface area contributed by atoms with E-state index in [1.54, 1.807) is 0 Å². The molecule has 0 saturated carbocycles. The predicted octanol–water partition coefficient (Wildman–Crippen LogP) is 0.210. The molecule has 2 saturated heterocycles. The standard InChI is InChI=1S/C14H30N4/c1-15-14(12-4-7-17(2)8-5-12)10-13-11-18(3)9-6-16-13/h12-16H,4-11H2,1-3H3. The largest absolute Gasteiger partial charge is 0.317 e. The Morgan fingerprint density at radius 2 is 1.89 bits per heavy atom. The van der Waals surface area contributed by atoms with Crippen molar-refractivity contribution in [2.75, 3.05) is 53.9 Å². The van der Waals surface area contributed by atoms with Crippen LogP contribution in [0, 0.1) is 5.92 Å². The molecule has 0 aromatic carbocycles. The zero-order valence-corrected chi connectivity index (χ0v) is 12.3. The lowest BCUT2D eigenvalue weighted by Gasteiger charge is -2.38. The summed E-state index contributed by atoms with van der Waals surface area (Å²) in [7, 11) is 6.61. The number of hydrogen-bond donors (Lipinski definition) is 2. The summed E-state index contributed by atoms with van der Waals surface area (Å²) in [5.41, 5.74) is 0. The molecular formula is C14H30N4. The SMILES string of the molecule is CNC(CC1CN(C)CCN1)C1CCN(C)CC1. The zero-order chi connectivity index (χ0) is 13.0. The van der Waals surface area contributed by atoms with Gasteiger partial charge in [-0.05, 0) is 59.4 Å². The maximum atomic E-state index is 3.67. The monoisotopic (exact) mass is 254 g/mol. The smallest absolute Gasteiger partial charge is 0.0210 e. The molecular weight excluding hydrogens is 224 g/mol. The first kappa shape index (κ1) is 14.3. The molecule has 2 fully saturated rings. The molecule has 18 heavy (non-hydrogen) atoms. The molecule has 0 bridgehead atoms. The second-order valence-corrected chi connectivity index (χ2v) is 6.18. The minimum atomic E-state index is 0.667. The van der Waals surface area contributed by atoms with Crippen LogP contribution in [0.15, 0.2) is 0 Å². The van der Waals surface area contributed by atoms with Crippen LogP contribution in [0.1, 0.15) is 19.3 Å². The van der Waals surface area contributed by atoms with E-state index in [2.05, 4.69) is 41.6 Å². The average molecular weight is 254 g/mol. The lowest BCUT2D eigenvalue weighted by Crippen LogP contribution is -2.52. The van der Waals surface area contributed by atoms with E-state index < -0.39 is 0 Å². The number of likely N-dealkylation sites (tertiary alicyclic amines) is 1. The highest BCUT2D eigenvalue weighted by Crippen LogP contribution is 2.22. The Bertz CT molecular complexity index is 238. The first-order valence-electron chi connectivity index (χ1n) is 7.46. The molecule has 0 amide bonds. The Morgan fingerprint density at radius 1 is 1.17 bits per heavy atom. The van der Waals surface area contributed by atoms with Crippen LogP contribution in [0.2, 0.25) is 0 Å². The molecule has 106 valence electrons. The molecule has 4 nitrogen and oxygen atoms in total. The van der Waals surface area contributed by atoms with Gasteiger partial charge in [0.2, 0.25) is 0 Å². The van der Waals surface area contributed by atoms with Crippen molar-refractivity contribution in [2.24, 2.45) is 5.92 Å². The van der Waals surface area contributed by atoms with Crippen molar-refractivity contribution in [1.29, 1.82) is 0 Å². The summed E-state index contributed by atoms with van der Waals surface area (Å²) in [6.45, 7) is 6.06. The molecule has 0 aromatic rings. The number of hydrogen-bond acceptors (Lipinski definition) is 4. The summed E-state index contributed by atoms with van der Waals surface area (Å²) in [5.74, 6) is 0.861. The van der Waals surface area contributed by atoms with Crippen LogP contribution >= 0.6 is 0 Å². The van der Waals surface area contributed by atoms with Gasteiger partial charge < -0.3 is 20.4 Å². The van der Waals surface area contributed by atoms with Gasteiger partial charge in [0.15, 0.2) is 0 Å². The Hall–Kier alpha value is -0.160. The molecule has 2 rings (SSSR count). The third-order valence-corrected chi connectivity index (χ3v) is 4.70. The van der Waals surface area contributed by atoms with E-state index in [0.29, 0.717) is 12.1 Å². The molecule has 2 unspecified atom stereocenters. The van der Waals surface area contributed by atoms with Crippen molar-refractivity contribution in [3.8, 4) is 0 Å². The van der Waals surface area contributed by atoms with Gasteiger partial charge in [-0.2, -0.15) is 0 Å². The van der Waals surface area contributed by atoms with E-state index in [4.69, 9.17) is 0 Å². The van der Waals surface area contributed by atoms with Gasteiger partial charge in [-0.1, -0.05) is 0 Å². The molecule has 2 aliphatic rings. The Morgan fingerprint density at radius 3 is 2.50 bits per heavy atom. The number of nitrogens with one attached hydrogen (secondary N) is 2. The topological polar surface area (TPSA) is 30.5 Å². The quantitative estimate of drug-likeness (QED) is 0.751. The number of rotatable bonds is 4. The van der Waals surface area contributed by atoms with Gasteiger partial charge in [-0.15, -0.1) is 0 Å². The highest BCUT2D eigenvalue weighted by molar-refractivity contribution is 4.87. The normalized spacial score (nSPS) is 30.5. The number of nitrogens with zero attached hydrogens (tertiary/aromatic N) is 2. The fourth-order valence-corrected chi connectivity index (χ4v) is 3.43. The van der Waals surface area contributed by atoms with Gasteiger partial charge in [-0.3, -0.25) is 0 Å². The summed E-state index contributed by atoms with van der Waals surface area (Å²) in [4.78, 5) is 4.90. The van der Waals surface area contributed by atoms with Crippen LogP contribution in [-0.4, -0.2) is 75.8 Å².